The predicted molar refractivity (Wildman–Crippen MR) is 93.2 cm³/mol. The van der Waals surface area contributed by atoms with Crippen LogP contribution < -0.4 is 0 Å². The predicted octanol–water partition coefficient (Wildman–Crippen LogP) is 5.51. The van der Waals surface area contributed by atoms with Crippen molar-refractivity contribution in [2.45, 2.75) is 53.9 Å². The maximum Gasteiger partial charge on any atom is 0.0468 e. The van der Waals surface area contributed by atoms with Gasteiger partial charge in [0.2, 0.25) is 0 Å². The summed E-state index contributed by atoms with van der Waals surface area (Å²) in [6.07, 6.45) is 16.2. The van der Waals surface area contributed by atoms with Crippen molar-refractivity contribution >= 4 is 0 Å². The van der Waals surface area contributed by atoms with E-state index in [0.717, 1.165) is 6.42 Å². The molecule has 1 nitrogen and oxygen atoms in total. The van der Waals surface area contributed by atoms with E-state index in [2.05, 4.69) is 64.2 Å². The second-order valence-electron chi connectivity index (χ2n) is 6.65. The van der Waals surface area contributed by atoms with E-state index in [9.17, 15) is 0 Å². The summed E-state index contributed by atoms with van der Waals surface area (Å²) in [6, 6.07) is 0. The SMILES string of the molecule is CC(C=CC=C(C)CCO)=CC=C1C(C)=CCCC1(C)C. The van der Waals surface area contributed by atoms with Crippen LogP contribution in [0.25, 0.3) is 0 Å². The second kappa shape index (κ2) is 8.19. The Labute approximate surface area is 130 Å². The summed E-state index contributed by atoms with van der Waals surface area (Å²) in [4.78, 5) is 0. The molecular formula is C20H30O. The minimum Gasteiger partial charge on any atom is -0.396 e. The Bertz CT molecular complexity index is 496. The topological polar surface area (TPSA) is 20.2 Å². The molecule has 0 aliphatic heterocycles. The zero-order valence-electron chi connectivity index (χ0n) is 14.2. The highest BCUT2D eigenvalue weighted by atomic mass is 16.2. The Morgan fingerprint density at radius 1 is 1.29 bits per heavy atom. The summed E-state index contributed by atoms with van der Waals surface area (Å²) in [5.41, 5.74) is 5.58. The van der Waals surface area contributed by atoms with Crippen molar-refractivity contribution in [2.75, 3.05) is 6.61 Å². The van der Waals surface area contributed by atoms with E-state index in [1.807, 2.05) is 6.92 Å². The molecule has 0 heterocycles. The first-order valence-electron chi connectivity index (χ1n) is 7.87. The fourth-order valence-electron chi connectivity index (χ4n) is 2.68. The van der Waals surface area contributed by atoms with Crippen molar-refractivity contribution in [3.05, 3.63) is 58.7 Å². The highest BCUT2D eigenvalue weighted by molar-refractivity contribution is 5.40. The number of allylic oxidation sites excluding steroid dienone is 9. The minimum atomic E-state index is 0.220. The zero-order valence-corrected chi connectivity index (χ0v) is 14.2. The van der Waals surface area contributed by atoms with Gasteiger partial charge in [0.05, 0.1) is 0 Å². The standard InChI is InChI=1S/C20H30O/c1-16(8-6-9-17(2)13-15-21)11-12-19-18(3)10-7-14-20(19,4)5/h6,8-12,21H,7,13-15H2,1-5H3. The molecule has 0 unspecified atom stereocenters. The van der Waals surface area contributed by atoms with E-state index < -0.39 is 0 Å². The fourth-order valence-corrected chi connectivity index (χ4v) is 2.68. The van der Waals surface area contributed by atoms with Gasteiger partial charge in [-0.1, -0.05) is 67.0 Å². The molecule has 1 heteroatoms. The van der Waals surface area contributed by atoms with Crippen LogP contribution in [0.15, 0.2) is 58.7 Å². The third kappa shape index (κ3) is 5.89. The van der Waals surface area contributed by atoms with Crippen molar-refractivity contribution in [3.63, 3.8) is 0 Å². The van der Waals surface area contributed by atoms with Crippen LogP contribution in [0.5, 0.6) is 0 Å². The van der Waals surface area contributed by atoms with Crippen LogP contribution >= 0.6 is 0 Å². The van der Waals surface area contributed by atoms with Crippen LogP contribution in [0, 0.1) is 5.41 Å². The highest BCUT2D eigenvalue weighted by Crippen LogP contribution is 2.40. The van der Waals surface area contributed by atoms with E-state index in [1.165, 1.54) is 35.1 Å². The normalized spacial score (nSPS) is 22.0. The molecule has 0 saturated carbocycles. The van der Waals surface area contributed by atoms with Crippen molar-refractivity contribution in [2.24, 2.45) is 5.41 Å². The number of aliphatic hydroxyl groups is 1. The second-order valence-corrected chi connectivity index (χ2v) is 6.65. The minimum absolute atomic E-state index is 0.220. The van der Waals surface area contributed by atoms with Crippen molar-refractivity contribution in [1.82, 2.24) is 0 Å². The van der Waals surface area contributed by atoms with Crippen LogP contribution in [-0.2, 0) is 0 Å². The van der Waals surface area contributed by atoms with E-state index in [0.29, 0.717) is 0 Å². The first kappa shape index (κ1) is 17.7. The van der Waals surface area contributed by atoms with Gasteiger partial charge in [-0.3, -0.25) is 0 Å². The Hall–Kier alpha value is -1.34. The van der Waals surface area contributed by atoms with Gasteiger partial charge >= 0.3 is 0 Å². The van der Waals surface area contributed by atoms with E-state index >= 15 is 0 Å². The summed E-state index contributed by atoms with van der Waals surface area (Å²) < 4.78 is 0. The van der Waals surface area contributed by atoms with Crippen molar-refractivity contribution in [3.8, 4) is 0 Å². The molecule has 0 aromatic carbocycles. The van der Waals surface area contributed by atoms with Gasteiger partial charge < -0.3 is 5.11 Å². The molecule has 0 amide bonds. The van der Waals surface area contributed by atoms with Gasteiger partial charge in [-0.15, -0.1) is 0 Å². The fraction of sp³-hybridized carbons (Fsp3) is 0.500. The number of hydrogen-bond acceptors (Lipinski definition) is 1. The van der Waals surface area contributed by atoms with Crippen LogP contribution in [0.3, 0.4) is 0 Å². The van der Waals surface area contributed by atoms with E-state index in [-0.39, 0.29) is 12.0 Å². The molecule has 21 heavy (non-hydrogen) atoms. The molecular weight excluding hydrogens is 256 g/mol. The van der Waals surface area contributed by atoms with Gasteiger partial charge in [0.1, 0.15) is 0 Å². The molecule has 1 N–H and O–H groups in total. The Kier molecular flexibility index (Phi) is 6.91. The van der Waals surface area contributed by atoms with Gasteiger partial charge in [-0.2, -0.15) is 0 Å². The van der Waals surface area contributed by atoms with Crippen LogP contribution in [0.1, 0.15) is 53.9 Å². The third-order valence-electron chi connectivity index (χ3n) is 4.13. The lowest BCUT2D eigenvalue weighted by Crippen LogP contribution is -2.18. The Balaban J connectivity index is 2.80. The molecule has 1 aliphatic carbocycles. The first-order valence-corrected chi connectivity index (χ1v) is 7.87. The lowest BCUT2D eigenvalue weighted by atomic mass is 9.73. The molecule has 0 radical (unpaired) electrons. The number of aliphatic hydroxyl groups excluding tert-OH is 1. The largest absolute Gasteiger partial charge is 0.396 e. The summed E-state index contributed by atoms with van der Waals surface area (Å²) in [6.45, 7) is 11.3. The highest BCUT2D eigenvalue weighted by Gasteiger charge is 2.26. The zero-order chi connectivity index (χ0) is 15.9. The van der Waals surface area contributed by atoms with Gasteiger partial charge in [0, 0.05) is 6.61 Å². The van der Waals surface area contributed by atoms with E-state index in [1.54, 1.807) is 0 Å². The maximum atomic E-state index is 8.86. The molecule has 1 rings (SSSR count). The molecule has 0 saturated heterocycles. The molecule has 0 spiro atoms. The third-order valence-corrected chi connectivity index (χ3v) is 4.13. The Morgan fingerprint density at radius 3 is 2.62 bits per heavy atom. The summed E-state index contributed by atoms with van der Waals surface area (Å²) in [5.74, 6) is 0. The lowest BCUT2D eigenvalue weighted by molar-refractivity contribution is 0.299. The molecule has 0 aromatic heterocycles. The van der Waals surface area contributed by atoms with Gasteiger partial charge in [-0.05, 0) is 51.0 Å². The molecule has 0 atom stereocenters. The average Bonchev–Trinajstić information content (AvgIpc) is 2.37. The summed E-state index contributed by atoms with van der Waals surface area (Å²) in [7, 11) is 0. The van der Waals surface area contributed by atoms with Gasteiger partial charge in [-0.25, -0.2) is 0 Å². The number of rotatable bonds is 5. The smallest absolute Gasteiger partial charge is 0.0468 e. The monoisotopic (exact) mass is 286 g/mol. The molecule has 116 valence electrons. The quantitative estimate of drug-likeness (QED) is 0.661. The molecule has 0 bridgehead atoms. The molecule has 0 aromatic rings. The van der Waals surface area contributed by atoms with Crippen LogP contribution in [-0.4, -0.2) is 11.7 Å². The van der Waals surface area contributed by atoms with Gasteiger partial charge in [0.25, 0.3) is 0 Å². The van der Waals surface area contributed by atoms with Crippen LogP contribution in [0.2, 0.25) is 0 Å². The first-order chi connectivity index (χ1) is 9.86. The van der Waals surface area contributed by atoms with Crippen molar-refractivity contribution < 1.29 is 5.11 Å². The Morgan fingerprint density at radius 2 is 2.00 bits per heavy atom. The van der Waals surface area contributed by atoms with Crippen LogP contribution in [0.4, 0.5) is 0 Å². The average molecular weight is 286 g/mol. The van der Waals surface area contributed by atoms with Crippen molar-refractivity contribution in [1.29, 1.82) is 0 Å². The molecule has 1 aliphatic rings. The lowest BCUT2D eigenvalue weighted by Gasteiger charge is -2.32. The summed E-state index contributed by atoms with van der Waals surface area (Å²) in [5, 5.41) is 8.86. The van der Waals surface area contributed by atoms with Gasteiger partial charge in [0.15, 0.2) is 0 Å². The molecule has 0 fully saturated rings. The number of hydrogen-bond donors (Lipinski definition) is 1. The van der Waals surface area contributed by atoms with E-state index in [4.69, 9.17) is 5.11 Å². The summed E-state index contributed by atoms with van der Waals surface area (Å²) >= 11 is 0. The maximum absolute atomic E-state index is 8.86.